The van der Waals surface area contributed by atoms with E-state index < -0.39 is 41.4 Å². The van der Waals surface area contributed by atoms with Crippen LogP contribution in [0.5, 0.6) is 0 Å². The van der Waals surface area contributed by atoms with Gasteiger partial charge < -0.3 is 24.8 Å². The van der Waals surface area contributed by atoms with E-state index in [0.717, 1.165) is 44.2 Å². The fourth-order valence-corrected chi connectivity index (χ4v) is 5.29. The van der Waals surface area contributed by atoms with E-state index >= 15 is 0 Å². The molecule has 5 amide bonds. The second-order valence-corrected chi connectivity index (χ2v) is 11.9. The van der Waals surface area contributed by atoms with Crippen LogP contribution in [0.15, 0.2) is 18.2 Å². The molecule has 14 heteroatoms. The number of amides is 5. The Morgan fingerprint density at radius 1 is 0.909 bits per heavy atom. The predicted molar refractivity (Wildman–Crippen MR) is 160 cm³/mol. The second-order valence-electron chi connectivity index (χ2n) is 11.9. The van der Waals surface area contributed by atoms with Crippen LogP contribution in [0.25, 0.3) is 0 Å². The SMILES string of the molecule is CC(C)(C)OC(=O)NCCOCCN1CCN(CCOCCNc2cccc3c2C(=O)N(C2CCC(=O)NC2=O)C3=O)CC1. The summed E-state index contributed by atoms with van der Waals surface area (Å²) in [5.41, 5.74) is 0.478. The maximum absolute atomic E-state index is 13.2. The molecule has 242 valence electrons. The Bertz CT molecular complexity index is 1210. The zero-order valence-electron chi connectivity index (χ0n) is 25.8. The summed E-state index contributed by atoms with van der Waals surface area (Å²) in [7, 11) is 0. The molecule has 1 atom stereocenters. The number of hydrogen-bond donors (Lipinski definition) is 3. The van der Waals surface area contributed by atoms with Crippen molar-refractivity contribution in [3.05, 3.63) is 29.3 Å². The van der Waals surface area contributed by atoms with Crippen LogP contribution in [0.1, 0.15) is 54.3 Å². The minimum absolute atomic E-state index is 0.0783. The highest BCUT2D eigenvalue weighted by molar-refractivity contribution is 6.25. The number of anilines is 1. The number of alkyl carbamates (subject to hydrolysis) is 1. The summed E-state index contributed by atoms with van der Waals surface area (Å²) in [5.74, 6) is -2.10. The maximum atomic E-state index is 13.2. The summed E-state index contributed by atoms with van der Waals surface area (Å²) in [6.07, 6.45) is -0.243. The second kappa shape index (κ2) is 15.4. The quantitative estimate of drug-likeness (QED) is 0.199. The zero-order chi connectivity index (χ0) is 31.7. The molecule has 2 saturated heterocycles. The van der Waals surface area contributed by atoms with Crippen molar-refractivity contribution in [2.75, 3.05) is 84.1 Å². The highest BCUT2D eigenvalue weighted by atomic mass is 16.6. The van der Waals surface area contributed by atoms with E-state index in [1.54, 1.807) is 18.2 Å². The summed E-state index contributed by atoms with van der Waals surface area (Å²) >= 11 is 0. The van der Waals surface area contributed by atoms with E-state index in [1.807, 2.05) is 20.8 Å². The molecule has 44 heavy (non-hydrogen) atoms. The summed E-state index contributed by atoms with van der Waals surface area (Å²) in [6, 6.07) is 3.99. The topological polar surface area (TPSA) is 159 Å². The molecule has 0 aliphatic carbocycles. The number of imide groups is 2. The molecule has 1 unspecified atom stereocenters. The van der Waals surface area contributed by atoms with Gasteiger partial charge in [0.05, 0.1) is 37.6 Å². The van der Waals surface area contributed by atoms with E-state index in [-0.39, 0.29) is 24.0 Å². The number of ether oxygens (including phenoxy) is 3. The van der Waals surface area contributed by atoms with Crippen molar-refractivity contribution >= 4 is 35.4 Å². The average Bonchev–Trinajstić information content (AvgIpc) is 3.22. The third-order valence-electron chi connectivity index (χ3n) is 7.51. The Morgan fingerprint density at radius 3 is 2.16 bits per heavy atom. The number of piperidine rings is 1. The number of hydrogen-bond acceptors (Lipinski definition) is 11. The lowest BCUT2D eigenvalue weighted by Crippen LogP contribution is -2.54. The van der Waals surface area contributed by atoms with Gasteiger partial charge in [0.25, 0.3) is 11.8 Å². The fourth-order valence-electron chi connectivity index (χ4n) is 5.29. The van der Waals surface area contributed by atoms with E-state index in [9.17, 15) is 24.0 Å². The van der Waals surface area contributed by atoms with Gasteiger partial charge in [-0.1, -0.05) is 6.07 Å². The van der Waals surface area contributed by atoms with Crippen LogP contribution in [0.4, 0.5) is 10.5 Å². The van der Waals surface area contributed by atoms with E-state index in [4.69, 9.17) is 14.2 Å². The minimum Gasteiger partial charge on any atom is -0.444 e. The molecule has 3 aliphatic heterocycles. The Hall–Kier alpha value is -3.59. The molecule has 14 nitrogen and oxygen atoms in total. The third kappa shape index (κ3) is 9.21. The van der Waals surface area contributed by atoms with Crippen molar-refractivity contribution in [1.82, 2.24) is 25.3 Å². The normalized spacial score (nSPS) is 19.6. The molecule has 0 bridgehead atoms. The molecular formula is C30H44N6O8. The van der Waals surface area contributed by atoms with Crippen LogP contribution in [-0.4, -0.2) is 135 Å². The molecule has 3 heterocycles. The van der Waals surface area contributed by atoms with Gasteiger partial charge in [0.1, 0.15) is 11.6 Å². The molecule has 4 rings (SSSR count). The van der Waals surface area contributed by atoms with Crippen molar-refractivity contribution in [3.63, 3.8) is 0 Å². The van der Waals surface area contributed by atoms with Crippen LogP contribution in [0.2, 0.25) is 0 Å². The van der Waals surface area contributed by atoms with Crippen LogP contribution in [0, 0.1) is 0 Å². The standard InChI is InChI=1S/C30H44N6O8/c1-30(2,3)44-29(41)32-10-18-43-20-16-35-13-11-34(12-14-35)15-19-42-17-9-31-22-6-4-5-21-25(22)28(40)36(27(21)39)23-7-8-24(37)33-26(23)38/h4-6,23,31H,7-20H2,1-3H3,(H,32,41)(H,33,37,38). The fraction of sp³-hybridized carbons (Fsp3) is 0.633. The van der Waals surface area contributed by atoms with Crippen LogP contribution in [0.3, 0.4) is 0 Å². The van der Waals surface area contributed by atoms with E-state index in [1.165, 1.54) is 0 Å². The molecule has 0 spiro atoms. The number of piperazine rings is 1. The van der Waals surface area contributed by atoms with Gasteiger partial charge in [0, 0.05) is 64.5 Å². The Balaban J connectivity index is 1.07. The van der Waals surface area contributed by atoms with Gasteiger partial charge in [-0.05, 0) is 39.3 Å². The number of nitrogens with one attached hydrogen (secondary N) is 3. The number of carbonyl (C=O) groups is 5. The molecule has 2 fully saturated rings. The summed E-state index contributed by atoms with van der Waals surface area (Å²) in [6.45, 7) is 13.8. The van der Waals surface area contributed by atoms with Crippen molar-refractivity contribution in [1.29, 1.82) is 0 Å². The highest BCUT2D eigenvalue weighted by Gasteiger charge is 2.45. The Labute approximate surface area is 257 Å². The smallest absolute Gasteiger partial charge is 0.407 e. The lowest BCUT2D eigenvalue weighted by molar-refractivity contribution is -0.136. The first-order valence-electron chi connectivity index (χ1n) is 15.2. The minimum atomic E-state index is -0.994. The Morgan fingerprint density at radius 2 is 1.55 bits per heavy atom. The van der Waals surface area contributed by atoms with Crippen LogP contribution in [-0.2, 0) is 23.8 Å². The first kappa shape index (κ1) is 33.3. The lowest BCUT2D eigenvalue weighted by Gasteiger charge is -2.34. The molecule has 1 aromatic carbocycles. The number of rotatable bonds is 14. The van der Waals surface area contributed by atoms with E-state index in [2.05, 4.69) is 25.8 Å². The monoisotopic (exact) mass is 616 g/mol. The van der Waals surface area contributed by atoms with Gasteiger partial charge in [-0.3, -0.25) is 39.2 Å². The van der Waals surface area contributed by atoms with Crippen LogP contribution < -0.4 is 16.0 Å². The molecule has 0 aromatic heterocycles. The number of benzene rings is 1. The number of fused-ring (bicyclic) bond motifs is 1. The van der Waals surface area contributed by atoms with Gasteiger partial charge in [-0.2, -0.15) is 0 Å². The molecular weight excluding hydrogens is 572 g/mol. The van der Waals surface area contributed by atoms with Crippen LogP contribution >= 0.6 is 0 Å². The van der Waals surface area contributed by atoms with Gasteiger partial charge in [0.15, 0.2) is 0 Å². The summed E-state index contributed by atoms with van der Waals surface area (Å²) in [5, 5.41) is 8.08. The van der Waals surface area contributed by atoms with Crippen molar-refractivity contribution in [3.8, 4) is 0 Å². The first-order chi connectivity index (χ1) is 21.0. The zero-order valence-corrected chi connectivity index (χ0v) is 25.8. The molecule has 1 aromatic rings. The molecule has 3 aliphatic rings. The van der Waals surface area contributed by atoms with Crippen molar-refractivity contribution < 1.29 is 38.2 Å². The van der Waals surface area contributed by atoms with Gasteiger partial charge in [0.2, 0.25) is 11.8 Å². The molecule has 0 radical (unpaired) electrons. The highest BCUT2D eigenvalue weighted by Crippen LogP contribution is 2.32. The number of carbonyl (C=O) groups excluding carboxylic acids is 5. The lowest BCUT2D eigenvalue weighted by atomic mass is 10.0. The van der Waals surface area contributed by atoms with Gasteiger partial charge in [-0.15, -0.1) is 0 Å². The maximum Gasteiger partial charge on any atom is 0.407 e. The first-order valence-corrected chi connectivity index (χ1v) is 15.2. The largest absolute Gasteiger partial charge is 0.444 e. The van der Waals surface area contributed by atoms with Crippen molar-refractivity contribution in [2.24, 2.45) is 0 Å². The molecule has 3 N–H and O–H groups in total. The van der Waals surface area contributed by atoms with E-state index in [0.29, 0.717) is 45.2 Å². The summed E-state index contributed by atoms with van der Waals surface area (Å²) in [4.78, 5) is 67.3. The summed E-state index contributed by atoms with van der Waals surface area (Å²) < 4.78 is 16.6. The Kier molecular flexibility index (Phi) is 11.7. The number of nitrogens with zero attached hydrogens (tertiary/aromatic N) is 3. The van der Waals surface area contributed by atoms with Gasteiger partial charge in [-0.25, -0.2) is 4.79 Å². The average molecular weight is 617 g/mol. The molecule has 0 saturated carbocycles. The predicted octanol–water partition coefficient (Wildman–Crippen LogP) is 0.675. The van der Waals surface area contributed by atoms with Gasteiger partial charge >= 0.3 is 6.09 Å². The third-order valence-corrected chi connectivity index (χ3v) is 7.51. The van der Waals surface area contributed by atoms with Crippen molar-refractivity contribution in [2.45, 2.75) is 45.3 Å².